The van der Waals surface area contributed by atoms with Crippen molar-refractivity contribution in [3.63, 3.8) is 0 Å². The van der Waals surface area contributed by atoms with Crippen LogP contribution in [0.4, 0.5) is 5.69 Å². The third kappa shape index (κ3) is 3.05. The first-order valence-corrected chi connectivity index (χ1v) is 5.76. The number of anilines is 1. The fraction of sp³-hybridized carbons (Fsp3) is 0.538. The highest BCUT2D eigenvalue weighted by Crippen LogP contribution is 2.36. The smallest absolute Gasteiger partial charge is 0.148 e. The van der Waals surface area contributed by atoms with E-state index in [1.807, 2.05) is 31.0 Å². The highest BCUT2D eigenvalue weighted by atomic mass is 16.5. The molecule has 102 valence electrons. The largest absolute Gasteiger partial charge is 0.496 e. The minimum absolute atomic E-state index is 0.262. The molecular formula is C13H21NO4. The average molecular weight is 255 g/mol. The van der Waals surface area contributed by atoms with E-state index >= 15 is 0 Å². The molecule has 0 radical (unpaired) electrons. The normalized spacial score (nSPS) is 12.1. The van der Waals surface area contributed by atoms with Crippen LogP contribution in [0.2, 0.25) is 0 Å². The number of methoxy groups -OCH3 is 2. The molecule has 0 fully saturated rings. The first-order valence-electron chi connectivity index (χ1n) is 5.76. The molecule has 0 aliphatic carbocycles. The van der Waals surface area contributed by atoms with Gasteiger partial charge in [-0.15, -0.1) is 0 Å². The molecule has 1 atom stereocenters. The molecule has 0 aromatic heterocycles. The van der Waals surface area contributed by atoms with Crippen molar-refractivity contribution in [3.8, 4) is 11.5 Å². The Kier molecular flexibility index (Phi) is 5.25. The van der Waals surface area contributed by atoms with Crippen LogP contribution in [0.5, 0.6) is 11.5 Å². The molecule has 0 spiro atoms. The van der Waals surface area contributed by atoms with Crippen LogP contribution in [0.3, 0.4) is 0 Å². The zero-order chi connectivity index (χ0) is 13.7. The molecule has 0 amide bonds. The van der Waals surface area contributed by atoms with E-state index in [4.69, 9.17) is 14.6 Å². The quantitative estimate of drug-likeness (QED) is 0.787. The van der Waals surface area contributed by atoms with Gasteiger partial charge in [-0.2, -0.15) is 0 Å². The lowest BCUT2D eigenvalue weighted by Crippen LogP contribution is -2.31. The summed E-state index contributed by atoms with van der Waals surface area (Å²) in [5.41, 5.74) is 1.76. The van der Waals surface area contributed by atoms with Gasteiger partial charge in [0.1, 0.15) is 11.5 Å². The Hall–Kier alpha value is -1.46. The predicted molar refractivity (Wildman–Crippen MR) is 70.6 cm³/mol. The fourth-order valence-corrected chi connectivity index (χ4v) is 1.91. The predicted octanol–water partition coefficient (Wildman–Crippen LogP) is 0.802. The second-order valence-corrected chi connectivity index (χ2v) is 4.16. The zero-order valence-electron chi connectivity index (χ0n) is 11.3. The van der Waals surface area contributed by atoms with Gasteiger partial charge in [-0.05, 0) is 19.1 Å². The zero-order valence-corrected chi connectivity index (χ0v) is 11.3. The number of nitrogens with zero attached hydrogens (tertiary/aromatic N) is 1. The maximum atomic E-state index is 9.47. The maximum absolute atomic E-state index is 9.47. The Morgan fingerprint density at radius 2 is 1.94 bits per heavy atom. The molecule has 0 bridgehead atoms. The van der Waals surface area contributed by atoms with Crippen LogP contribution in [-0.2, 0) is 0 Å². The summed E-state index contributed by atoms with van der Waals surface area (Å²) < 4.78 is 10.6. The summed E-state index contributed by atoms with van der Waals surface area (Å²) in [4.78, 5) is 1.84. The van der Waals surface area contributed by atoms with Crippen LogP contribution in [0.15, 0.2) is 12.1 Å². The highest BCUT2D eigenvalue weighted by molar-refractivity contribution is 5.65. The molecule has 0 saturated heterocycles. The lowest BCUT2D eigenvalue weighted by molar-refractivity contribution is 0.101. The Bertz CT molecular complexity index is 395. The second-order valence-electron chi connectivity index (χ2n) is 4.16. The van der Waals surface area contributed by atoms with Crippen molar-refractivity contribution in [1.82, 2.24) is 0 Å². The summed E-state index contributed by atoms with van der Waals surface area (Å²) in [6.07, 6.45) is -0.776. The fourth-order valence-electron chi connectivity index (χ4n) is 1.91. The standard InChI is InChI=1S/C13H21NO4/c1-9-12(17-3)6-5-11(13(9)18-4)14(2)7-10(16)8-15/h5-6,10,15-16H,7-8H2,1-4H3. The van der Waals surface area contributed by atoms with Gasteiger partial charge in [0.05, 0.1) is 32.6 Å². The van der Waals surface area contributed by atoms with E-state index in [1.54, 1.807) is 14.2 Å². The lowest BCUT2D eigenvalue weighted by Gasteiger charge is -2.25. The van der Waals surface area contributed by atoms with E-state index in [9.17, 15) is 5.11 Å². The summed E-state index contributed by atoms with van der Waals surface area (Å²) >= 11 is 0. The molecule has 0 saturated carbocycles. The van der Waals surface area contributed by atoms with Gasteiger partial charge < -0.3 is 24.6 Å². The van der Waals surface area contributed by atoms with Crippen LogP contribution >= 0.6 is 0 Å². The van der Waals surface area contributed by atoms with E-state index in [0.29, 0.717) is 12.3 Å². The van der Waals surface area contributed by atoms with E-state index in [0.717, 1.165) is 17.0 Å². The minimum Gasteiger partial charge on any atom is -0.496 e. The molecule has 0 heterocycles. The Balaban J connectivity index is 3.05. The van der Waals surface area contributed by atoms with Crippen LogP contribution in [0.25, 0.3) is 0 Å². The van der Waals surface area contributed by atoms with Gasteiger partial charge in [0, 0.05) is 19.2 Å². The minimum atomic E-state index is -0.776. The van der Waals surface area contributed by atoms with Gasteiger partial charge in [-0.25, -0.2) is 0 Å². The van der Waals surface area contributed by atoms with Gasteiger partial charge in [0.25, 0.3) is 0 Å². The van der Waals surface area contributed by atoms with Crippen LogP contribution in [0, 0.1) is 6.92 Å². The first-order chi connectivity index (χ1) is 8.54. The van der Waals surface area contributed by atoms with Gasteiger partial charge in [0.2, 0.25) is 0 Å². The Labute approximate surface area is 108 Å². The Morgan fingerprint density at radius 1 is 1.28 bits per heavy atom. The van der Waals surface area contributed by atoms with E-state index in [-0.39, 0.29) is 6.61 Å². The van der Waals surface area contributed by atoms with Crippen molar-refractivity contribution in [3.05, 3.63) is 17.7 Å². The van der Waals surface area contributed by atoms with Crippen molar-refractivity contribution in [2.75, 3.05) is 39.3 Å². The first kappa shape index (κ1) is 14.6. The maximum Gasteiger partial charge on any atom is 0.148 e. The van der Waals surface area contributed by atoms with Crippen LogP contribution in [0.1, 0.15) is 5.56 Å². The van der Waals surface area contributed by atoms with Gasteiger partial charge >= 0.3 is 0 Å². The number of likely N-dealkylation sites (N-methyl/N-ethyl adjacent to an activating group) is 1. The summed E-state index contributed by atoms with van der Waals surface area (Å²) in [7, 11) is 5.05. The van der Waals surface area contributed by atoms with Crippen molar-refractivity contribution in [2.24, 2.45) is 0 Å². The summed E-state index contributed by atoms with van der Waals surface area (Å²) in [6, 6.07) is 3.73. The molecule has 1 aromatic carbocycles. The van der Waals surface area contributed by atoms with Crippen LogP contribution < -0.4 is 14.4 Å². The molecule has 18 heavy (non-hydrogen) atoms. The SMILES string of the molecule is COc1ccc(N(C)CC(O)CO)c(OC)c1C. The summed E-state index contributed by atoms with van der Waals surface area (Å²) in [6.45, 7) is 1.98. The molecule has 0 aliphatic rings. The number of hydrogen-bond acceptors (Lipinski definition) is 5. The molecule has 0 aliphatic heterocycles. The topological polar surface area (TPSA) is 62.2 Å². The molecule has 2 N–H and O–H groups in total. The van der Waals surface area contributed by atoms with Gasteiger partial charge in [-0.3, -0.25) is 0 Å². The number of aliphatic hydroxyl groups is 2. The average Bonchev–Trinajstić information content (AvgIpc) is 2.37. The van der Waals surface area contributed by atoms with Crippen molar-refractivity contribution >= 4 is 5.69 Å². The number of aliphatic hydroxyl groups excluding tert-OH is 2. The third-order valence-electron chi connectivity index (χ3n) is 2.87. The van der Waals surface area contributed by atoms with Crippen molar-refractivity contribution in [2.45, 2.75) is 13.0 Å². The molecule has 1 unspecified atom stereocenters. The summed E-state index contributed by atoms with van der Waals surface area (Å²) in [5.74, 6) is 1.47. The molecule has 1 aromatic rings. The molecular weight excluding hydrogens is 234 g/mol. The highest BCUT2D eigenvalue weighted by Gasteiger charge is 2.16. The lowest BCUT2D eigenvalue weighted by atomic mass is 10.1. The van der Waals surface area contributed by atoms with Crippen LogP contribution in [-0.4, -0.2) is 50.7 Å². The van der Waals surface area contributed by atoms with Crippen molar-refractivity contribution < 1.29 is 19.7 Å². The molecule has 5 nitrogen and oxygen atoms in total. The number of ether oxygens (including phenoxy) is 2. The van der Waals surface area contributed by atoms with E-state index in [2.05, 4.69) is 0 Å². The van der Waals surface area contributed by atoms with Gasteiger partial charge in [-0.1, -0.05) is 0 Å². The molecule has 1 rings (SSSR count). The van der Waals surface area contributed by atoms with Gasteiger partial charge in [0.15, 0.2) is 0 Å². The summed E-state index contributed by atoms with van der Waals surface area (Å²) in [5, 5.41) is 18.3. The number of benzene rings is 1. The van der Waals surface area contributed by atoms with E-state index in [1.165, 1.54) is 0 Å². The second kappa shape index (κ2) is 6.47. The number of hydrogen-bond donors (Lipinski definition) is 2. The number of rotatable bonds is 6. The Morgan fingerprint density at radius 3 is 2.44 bits per heavy atom. The van der Waals surface area contributed by atoms with E-state index < -0.39 is 6.10 Å². The molecule has 5 heteroatoms. The third-order valence-corrected chi connectivity index (χ3v) is 2.87. The monoisotopic (exact) mass is 255 g/mol. The van der Waals surface area contributed by atoms with Crippen molar-refractivity contribution in [1.29, 1.82) is 0 Å².